The fourth-order valence-electron chi connectivity index (χ4n) is 6.72. The Morgan fingerprint density at radius 2 is 0.814 bits per heavy atom. The molecule has 0 radical (unpaired) electrons. The van der Waals surface area contributed by atoms with E-state index in [0.717, 1.165) is 38.7 Å². The van der Waals surface area contributed by atoms with E-state index < -0.39 is 0 Å². The molecule has 0 spiro atoms. The topological polar surface area (TPSA) is 24.7 Å². The summed E-state index contributed by atoms with van der Waals surface area (Å²) in [5.74, 6) is 0. The fourth-order valence-corrected chi connectivity index (χ4v) is 6.72. The van der Waals surface area contributed by atoms with Gasteiger partial charge in [-0.2, -0.15) is 0 Å². The van der Waals surface area contributed by atoms with Crippen molar-refractivity contribution in [2.75, 3.05) is 0 Å². The number of benzene rings is 8. The molecule has 0 heterocycles. The summed E-state index contributed by atoms with van der Waals surface area (Å²) in [5, 5.41) is 12.2. The van der Waals surface area contributed by atoms with Crippen LogP contribution in [0.5, 0.6) is 0 Å². The lowest BCUT2D eigenvalue weighted by atomic mass is 9.91. The number of hydrogen-bond acceptors (Lipinski definition) is 2. The third-order valence-corrected chi connectivity index (χ3v) is 8.66. The van der Waals surface area contributed by atoms with Gasteiger partial charge in [0.25, 0.3) is 0 Å². The van der Waals surface area contributed by atoms with Gasteiger partial charge in [-0.25, -0.2) is 0 Å². The fraction of sp³-hybridized carbons (Fsp3) is 0.0244. The highest BCUT2D eigenvalue weighted by molar-refractivity contribution is 6.26. The molecular weight excluding hydrogens is 520 g/mol. The van der Waals surface area contributed by atoms with E-state index in [1.54, 1.807) is 0 Å². The van der Waals surface area contributed by atoms with Gasteiger partial charge in [-0.05, 0) is 97.2 Å². The molecular formula is C41H28N2. The number of rotatable bonds is 4. The Labute approximate surface area is 250 Å². The second-order valence-electron chi connectivity index (χ2n) is 11.0. The average molecular weight is 549 g/mol. The van der Waals surface area contributed by atoms with Crippen LogP contribution >= 0.6 is 0 Å². The van der Waals surface area contributed by atoms with E-state index in [4.69, 9.17) is 4.99 Å². The van der Waals surface area contributed by atoms with Crippen LogP contribution in [-0.4, -0.2) is 12.9 Å². The Hall–Kier alpha value is -5.60. The molecule has 0 bridgehead atoms. The van der Waals surface area contributed by atoms with Gasteiger partial charge in [0.1, 0.15) is 0 Å². The first-order valence-electron chi connectivity index (χ1n) is 14.6. The zero-order valence-corrected chi connectivity index (χ0v) is 23.9. The van der Waals surface area contributed by atoms with Gasteiger partial charge in [0.05, 0.1) is 11.4 Å². The molecule has 0 aromatic heterocycles. The van der Waals surface area contributed by atoms with Crippen molar-refractivity contribution in [2.45, 2.75) is 6.92 Å². The summed E-state index contributed by atoms with van der Waals surface area (Å²) >= 11 is 0. The maximum Gasteiger partial charge on any atom is 0.0966 e. The van der Waals surface area contributed by atoms with Gasteiger partial charge in [-0.3, -0.25) is 9.98 Å². The minimum absolute atomic E-state index is 0.818. The highest BCUT2D eigenvalue weighted by Crippen LogP contribution is 2.45. The SMILES string of the molecule is C=Nc1c(N=CC)c2ccccc2c2ccc(-c3cccc(-c4ccc5c6ccccc6c6ccccc6c5c4)c3)cc12. The van der Waals surface area contributed by atoms with Crippen LogP contribution in [0, 0.1) is 0 Å². The summed E-state index contributed by atoms with van der Waals surface area (Å²) < 4.78 is 0. The van der Waals surface area contributed by atoms with Crippen molar-refractivity contribution >= 4 is 78.2 Å². The third kappa shape index (κ3) is 3.95. The molecule has 2 heteroatoms. The van der Waals surface area contributed by atoms with Gasteiger partial charge in [-0.15, -0.1) is 0 Å². The number of nitrogens with zero attached hydrogens (tertiary/aromatic N) is 2. The zero-order valence-electron chi connectivity index (χ0n) is 23.9. The molecule has 202 valence electrons. The molecule has 0 aliphatic carbocycles. The normalized spacial score (nSPS) is 11.8. The first kappa shape index (κ1) is 25.1. The summed E-state index contributed by atoms with van der Waals surface area (Å²) in [6, 6.07) is 48.2. The summed E-state index contributed by atoms with van der Waals surface area (Å²) in [4.78, 5) is 9.20. The highest BCUT2D eigenvalue weighted by atomic mass is 14.8. The van der Waals surface area contributed by atoms with Gasteiger partial charge in [0, 0.05) is 17.0 Å². The van der Waals surface area contributed by atoms with E-state index >= 15 is 0 Å². The van der Waals surface area contributed by atoms with E-state index in [-0.39, 0.29) is 0 Å². The average Bonchev–Trinajstić information content (AvgIpc) is 3.08. The van der Waals surface area contributed by atoms with Crippen LogP contribution in [0.3, 0.4) is 0 Å². The largest absolute Gasteiger partial charge is 0.262 e. The van der Waals surface area contributed by atoms with Crippen molar-refractivity contribution in [1.82, 2.24) is 0 Å². The highest BCUT2D eigenvalue weighted by Gasteiger charge is 2.15. The van der Waals surface area contributed by atoms with E-state index in [2.05, 4.69) is 139 Å². The molecule has 0 atom stereocenters. The van der Waals surface area contributed by atoms with Crippen molar-refractivity contribution in [3.05, 3.63) is 133 Å². The minimum atomic E-state index is 0.818. The van der Waals surface area contributed by atoms with Crippen molar-refractivity contribution in [2.24, 2.45) is 9.98 Å². The van der Waals surface area contributed by atoms with Crippen LogP contribution in [0.4, 0.5) is 11.4 Å². The number of aliphatic imine (C=N–C) groups is 2. The first-order valence-corrected chi connectivity index (χ1v) is 14.6. The standard InChI is InChI=1S/C41H28N2/c1-3-43-41-37-18-9-8-16-33(37)36-22-20-29(25-39(36)40(41)42-2)27-12-10-11-26(23-27)28-19-21-35-32-15-5-4-13-30(32)31-14-6-7-17-34(31)38(35)24-28/h3-25H,2H2,1H3. The van der Waals surface area contributed by atoms with Crippen LogP contribution in [0.1, 0.15) is 6.92 Å². The molecule has 0 aliphatic heterocycles. The second kappa shape index (κ2) is 10.0. The van der Waals surface area contributed by atoms with Crippen LogP contribution in [0.15, 0.2) is 143 Å². The van der Waals surface area contributed by atoms with Crippen molar-refractivity contribution in [3.8, 4) is 22.3 Å². The molecule has 8 aromatic carbocycles. The van der Waals surface area contributed by atoms with Crippen molar-refractivity contribution in [1.29, 1.82) is 0 Å². The molecule has 0 fully saturated rings. The summed E-state index contributed by atoms with van der Waals surface area (Å²) in [7, 11) is 0. The van der Waals surface area contributed by atoms with Crippen LogP contribution in [-0.2, 0) is 0 Å². The zero-order chi connectivity index (χ0) is 28.9. The van der Waals surface area contributed by atoms with Crippen LogP contribution in [0.2, 0.25) is 0 Å². The smallest absolute Gasteiger partial charge is 0.0966 e. The Morgan fingerprint density at radius 3 is 1.35 bits per heavy atom. The maximum absolute atomic E-state index is 4.72. The third-order valence-electron chi connectivity index (χ3n) is 8.66. The van der Waals surface area contributed by atoms with Crippen LogP contribution in [0.25, 0.3) is 76.1 Å². The lowest BCUT2D eigenvalue weighted by Gasteiger charge is -2.14. The molecule has 0 aliphatic rings. The molecule has 43 heavy (non-hydrogen) atoms. The Balaban J connectivity index is 1.31. The molecule has 0 amide bonds. The van der Waals surface area contributed by atoms with E-state index in [1.165, 1.54) is 48.8 Å². The molecule has 8 aromatic rings. The lowest BCUT2D eigenvalue weighted by molar-refractivity contribution is 1.52. The Bertz CT molecular complexity index is 2400. The number of fused-ring (bicyclic) bond motifs is 9. The Kier molecular flexibility index (Phi) is 5.87. The first-order chi connectivity index (χ1) is 21.2. The van der Waals surface area contributed by atoms with Gasteiger partial charge in [-0.1, -0.05) is 115 Å². The molecule has 2 nitrogen and oxygen atoms in total. The summed E-state index contributed by atoms with van der Waals surface area (Å²) in [6.45, 7) is 5.86. The minimum Gasteiger partial charge on any atom is -0.262 e. The van der Waals surface area contributed by atoms with Crippen molar-refractivity contribution < 1.29 is 0 Å². The monoisotopic (exact) mass is 548 g/mol. The van der Waals surface area contributed by atoms with Gasteiger partial charge in [0.15, 0.2) is 0 Å². The van der Waals surface area contributed by atoms with Gasteiger partial charge >= 0.3 is 0 Å². The van der Waals surface area contributed by atoms with E-state index in [9.17, 15) is 0 Å². The predicted octanol–water partition coefficient (Wildman–Crippen LogP) is 11.8. The van der Waals surface area contributed by atoms with E-state index in [0.29, 0.717) is 0 Å². The summed E-state index contributed by atoms with van der Waals surface area (Å²) in [5.41, 5.74) is 6.37. The molecule has 8 rings (SSSR count). The molecule has 0 unspecified atom stereocenters. The number of hydrogen-bond donors (Lipinski definition) is 0. The maximum atomic E-state index is 4.72. The van der Waals surface area contributed by atoms with Gasteiger partial charge in [0.2, 0.25) is 0 Å². The molecule has 0 saturated heterocycles. The van der Waals surface area contributed by atoms with Gasteiger partial charge < -0.3 is 0 Å². The predicted molar refractivity (Wildman–Crippen MR) is 188 cm³/mol. The van der Waals surface area contributed by atoms with Crippen molar-refractivity contribution in [3.63, 3.8) is 0 Å². The Morgan fingerprint density at radius 1 is 0.395 bits per heavy atom. The molecule has 0 saturated carbocycles. The lowest BCUT2D eigenvalue weighted by Crippen LogP contribution is -1.86. The quantitative estimate of drug-likeness (QED) is 0.154. The van der Waals surface area contributed by atoms with E-state index in [1.807, 2.05) is 19.2 Å². The molecule has 0 N–H and O–H groups in total. The second-order valence-corrected chi connectivity index (χ2v) is 11.0. The summed E-state index contributed by atoms with van der Waals surface area (Å²) in [6.07, 6.45) is 1.82. The van der Waals surface area contributed by atoms with Crippen LogP contribution < -0.4 is 0 Å².